The summed E-state index contributed by atoms with van der Waals surface area (Å²) in [6, 6.07) is 3.53. The molecule has 5 nitrogen and oxygen atoms in total. The summed E-state index contributed by atoms with van der Waals surface area (Å²) in [5, 5.41) is 0. The molecule has 0 saturated carbocycles. The van der Waals surface area contributed by atoms with Crippen molar-refractivity contribution < 1.29 is 23.7 Å². The van der Waals surface area contributed by atoms with Gasteiger partial charge in [-0.25, -0.2) is 0 Å². The Bertz CT molecular complexity index is 414. The second kappa shape index (κ2) is 6.87. The molecule has 0 radical (unpaired) electrons. The molecule has 0 N–H and O–H groups in total. The van der Waals surface area contributed by atoms with Gasteiger partial charge in [0.25, 0.3) is 0 Å². The van der Waals surface area contributed by atoms with Gasteiger partial charge in [-0.05, 0) is 31.5 Å². The van der Waals surface area contributed by atoms with Crippen LogP contribution in [-0.2, 0) is 16.1 Å². The molecule has 106 valence electrons. The third-order valence-corrected chi connectivity index (χ3v) is 2.32. The summed E-state index contributed by atoms with van der Waals surface area (Å²) < 4.78 is 21.2. The number of ether oxygens (including phenoxy) is 4. The van der Waals surface area contributed by atoms with Crippen LogP contribution in [0.3, 0.4) is 0 Å². The van der Waals surface area contributed by atoms with Crippen LogP contribution in [0.15, 0.2) is 12.1 Å². The first-order valence-corrected chi connectivity index (χ1v) is 6.02. The minimum absolute atomic E-state index is 0.00196. The predicted molar refractivity (Wildman–Crippen MR) is 70.8 cm³/mol. The first kappa shape index (κ1) is 15.1. The molecule has 5 heteroatoms. The number of hydrogen-bond acceptors (Lipinski definition) is 5. The van der Waals surface area contributed by atoms with E-state index in [0.717, 1.165) is 5.56 Å². The van der Waals surface area contributed by atoms with E-state index < -0.39 is 0 Å². The lowest BCUT2D eigenvalue weighted by atomic mass is 10.2. The highest BCUT2D eigenvalue weighted by Gasteiger charge is 2.15. The molecule has 0 bridgehead atoms. The van der Waals surface area contributed by atoms with Crippen molar-refractivity contribution in [2.24, 2.45) is 0 Å². The van der Waals surface area contributed by atoms with Crippen LogP contribution < -0.4 is 14.2 Å². The van der Waals surface area contributed by atoms with Gasteiger partial charge in [0.05, 0.1) is 20.3 Å². The van der Waals surface area contributed by atoms with Crippen LogP contribution in [0.25, 0.3) is 0 Å². The zero-order valence-electron chi connectivity index (χ0n) is 12.0. The molecule has 1 aromatic carbocycles. The highest BCUT2D eigenvalue weighted by molar-refractivity contribution is 5.66. The van der Waals surface area contributed by atoms with E-state index in [1.807, 2.05) is 13.8 Å². The van der Waals surface area contributed by atoms with Crippen LogP contribution in [0.5, 0.6) is 17.2 Å². The zero-order valence-corrected chi connectivity index (χ0v) is 12.0. The lowest BCUT2D eigenvalue weighted by Gasteiger charge is -2.18. The molecule has 0 fully saturated rings. The number of esters is 1. The van der Waals surface area contributed by atoms with E-state index in [0.29, 0.717) is 17.2 Å². The highest BCUT2D eigenvalue weighted by Crippen LogP contribution is 2.39. The number of benzene rings is 1. The van der Waals surface area contributed by atoms with Gasteiger partial charge >= 0.3 is 5.97 Å². The van der Waals surface area contributed by atoms with E-state index in [1.54, 1.807) is 26.4 Å². The summed E-state index contributed by atoms with van der Waals surface area (Å²) in [6.07, 6.45) is 0.00196. The molecule has 0 amide bonds. The molecule has 19 heavy (non-hydrogen) atoms. The predicted octanol–water partition coefficient (Wildman–Crippen LogP) is 2.55. The third kappa shape index (κ3) is 4.35. The Morgan fingerprint density at radius 1 is 1.16 bits per heavy atom. The second-order valence-corrected chi connectivity index (χ2v) is 4.28. The summed E-state index contributed by atoms with van der Waals surface area (Å²) in [7, 11) is 3.11. The molecular formula is C14H20O5. The Kier molecular flexibility index (Phi) is 5.48. The molecule has 0 aliphatic heterocycles. The lowest BCUT2D eigenvalue weighted by molar-refractivity contribution is -0.142. The summed E-state index contributed by atoms with van der Waals surface area (Å²) in [5.41, 5.74) is 0.778. The summed E-state index contributed by atoms with van der Waals surface area (Å²) >= 11 is 0. The van der Waals surface area contributed by atoms with Gasteiger partial charge < -0.3 is 18.9 Å². The molecule has 0 unspecified atom stereocenters. The average molecular weight is 268 g/mol. The van der Waals surface area contributed by atoms with Gasteiger partial charge in [-0.2, -0.15) is 0 Å². The van der Waals surface area contributed by atoms with Crippen molar-refractivity contribution >= 4 is 5.97 Å². The smallest absolute Gasteiger partial charge is 0.302 e. The van der Waals surface area contributed by atoms with E-state index in [9.17, 15) is 4.79 Å². The quantitative estimate of drug-likeness (QED) is 0.742. The van der Waals surface area contributed by atoms with Gasteiger partial charge in [0.2, 0.25) is 5.75 Å². The van der Waals surface area contributed by atoms with Crippen molar-refractivity contribution in [3.8, 4) is 17.2 Å². The minimum atomic E-state index is -0.333. The van der Waals surface area contributed by atoms with Crippen LogP contribution in [0.2, 0.25) is 0 Å². The summed E-state index contributed by atoms with van der Waals surface area (Å²) in [4.78, 5) is 10.8. The molecule has 1 rings (SSSR count). The fraction of sp³-hybridized carbons (Fsp3) is 0.500. The SMILES string of the molecule is COc1cc(COC(C)=O)cc(OC)c1OC(C)C. The van der Waals surface area contributed by atoms with Crippen molar-refractivity contribution in [3.05, 3.63) is 17.7 Å². The Morgan fingerprint density at radius 2 is 1.68 bits per heavy atom. The molecule has 0 aromatic heterocycles. The fourth-order valence-corrected chi connectivity index (χ4v) is 1.55. The standard InChI is InChI=1S/C14H20O5/c1-9(2)19-14-12(16-4)6-11(7-13(14)17-5)8-18-10(3)15/h6-7,9H,8H2,1-5H3. The Labute approximate surface area is 113 Å². The summed E-state index contributed by atoms with van der Waals surface area (Å²) in [6.45, 7) is 5.38. The van der Waals surface area contributed by atoms with Gasteiger partial charge in [0.15, 0.2) is 11.5 Å². The van der Waals surface area contributed by atoms with E-state index in [-0.39, 0.29) is 18.7 Å². The van der Waals surface area contributed by atoms with Crippen LogP contribution in [0.1, 0.15) is 26.3 Å². The van der Waals surface area contributed by atoms with Gasteiger partial charge in [-0.3, -0.25) is 4.79 Å². The Hall–Kier alpha value is -1.91. The number of methoxy groups -OCH3 is 2. The van der Waals surface area contributed by atoms with Crippen LogP contribution in [-0.4, -0.2) is 26.3 Å². The van der Waals surface area contributed by atoms with Crippen molar-refractivity contribution in [1.82, 2.24) is 0 Å². The number of carbonyl (C=O) groups excluding carboxylic acids is 1. The molecule has 1 aromatic rings. The number of carbonyl (C=O) groups is 1. The van der Waals surface area contributed by atoms with E-state index in [4.69, 9.17) is 18.9 Å². The Morgan fingerprint density at radius 3 is 2.05 bits per heavy atom. The number of hydrogen-bond donors (Lipinski definition) is 0. The average Bonchev–Trinajstić information content (AvgIpc) is 2.36. The van der Waals surface area contributed by atoms with Gasteiger partial charge in [-0.1, -0.05) is 0 Å². The second-order valence-electron chi connectivity index (χ2n) is 4.28. The topological polar surface area (TPSA) is 54.0 Å². The van der Waals surface area contributed by atoms with Crippen LogP contribution in [0, 0.1) is 0 Å². The van der Waals surface area contributed by atoms with Crippen molar-refractivity contribution in [3.63, 3.8) is 0 Å². The van der Waals surface area contributed by atoms with Crippen molar-refractivity contribution in [2.45, 2.75) is 33.5 Å². The van der Waals surface area contributed by atoms with E-state index in [1.165, 1.54) is 6.92 Å². The number of rotatable bonds is 6. The first-order valence-electron chi connectivity index (χ1n) is 6.02. The maximum atomic E-state index is 10.8. The lowest BCUT2D eigenvalue weighted by Crippen LogP contribution is -2.09. The largest absolute Gasteiger partial charge is 0.493 e. The third-order valence-electron chi connectivity index (χ3n) is 2.32. The molecule has 0 aliphatic rings. The van der Waals surface area contributed by atoms with Crippen molar-refractivity contribution in [1.29, 1.82) is 0 Å². The normalized spacial score (nSPS) is 10.2. The summed E-state index contributed by atoms with van der Waals surface area (Å²) in [5.74, 6) is 1.32. The molecule has 0 saturated heterocycles. The van der Waals surface area contributed by atoms with Crippen LogP contribution in [0.4, 0.5) is 0 Å². The molecule has 0 atom stereocenters. The molecule has 0 aliphatic carbocycles. The van der Waals surface area contributed by atoms with E-state index in [2.05, 4.69) is 0 Å². The van der Waals surface area contributed by atoms with Crippen molar-refractivity contribution in [2.75, 3.05) is 14.2 Å². The van der Waals surface area contributed by atoms with Crippen LogP contribution >= 0.6 is 0 Å². The first-order chi connectivity index (χ1) is 8.97. The van der Waals surface area contributed by atoms with Gasteiger partial charge in [0.1, 0.15) is 6.61 Å². The molecule has 0 spiro atoms. The maximum Gasteiger partial charge on any atom is 0.302 e. The highest BCUT2D eigenvalue weighted by atomic mass is 16.5. The minimum Gasteiger partial charge on any atom is -0.493 e. The van der Waals surface area contributed by atoms with E-state index >= 15 is 0 Å². The Balaban J connectivity index is 3.08. The fourth-order valence-electron chi connectivity index (χ4n) is 1.55. The molecular weight excluding hydrogens is 248 g/mol. The maximum absolute atomic E-state index is 10.8. The van der Waals surface area contributed by atoms with Gasteiger partial charge in [-0.15, -0.1) is 0 Å². The van der Waals surface area contributed by atoms with Gasteiger partial charge in [0, 0.05) is 6.92 Å². The molecule has 0 heterocycles. The zero-order chi connectivity index (χ0) is 14.4. The monoisotopic (exact) mass is 268 g/mol.